The van der Waals surface area contributed by atoms with E-state index in [1.807, 2.05) is 12.3 Å². The minimum absolute atomic E-state index is 0.594. The third-order valence-electron chi connectivity index (χ3n) is 3.61. The Morgan fingerprint density at radius 3 is 2.47 bits per heavy atom. The van der Waals surface area contributed by atoms with Crippen LogP contribution in [0.4, 0.5) is 0 Å². The van der Waals surface area contributed by atoms with Crippen LogP contribution >= 0.6 is 0 Å². The van der Waals surface area contributed by atoms with E-state index in [0.717, 1.165) is 12.8 Å². The molecular weight excluding hydrogens is 230 g/mol. The van der Waals surface area contributed by atoms with E-state index in [-0.39, 0.29) is 0 Å². The van der Waals surface area contributed by atoms with Gasteiger partial charge in [0, 0.05) is 11.9 Å². The minimum atomic E-state index is 0.594. The van der Waals surface area contributed by atoms with Gasteiger partial charge in [-0.3, -0.25) is 4.98 Å². The number of rotatable bonds is 4. The average molecular weight is 253 g/mol. The highest BCUT2D eigenvalue weighted by Gasteiger charge is 2.05. The summed E-state index contributed by atoms with van der Waals surface area (Å²) in [5.41, 5.74) is 6.75. The molecule has 19 heavy (non-hydrogen) atoms. The van der Waals surface area contributed by atoms with Crippen LogP contribution in [0.5, 0.6) is 0 Å². The lowest BCUT2D eigenvalue weighted by atomic mass is 9.94. The van der Waals surface area contributed by atoms with Crippen LogP contribution in [-0.4, -0.2) is 4.98 Å². The average Bonchev–Trinajstić information content (AvgIpc) is 2.37. The van der Waals surface area contributed by atoms with Gasteiger partial charge in [0.05, 0.1) is 0 Å². The Morgan fingerprint density at radius 1 is 1.00 bits per heavy atom. The first-order chi connectivity index (χ1) is 9.06. The van der Waals surface area contributed by atoms with Gasteiger partial charge in [0.1, 0.15) is 0 Å². The summed E-state index contributed by atoms with van der Waals surface area (Å²) in [5.74, 6) is 0.594. The van der Waals surface area contributed by atoms with Crippen molar-refractivity contribution in [2.75, 3.05) is 0 Å². The van der Waals surface area contributed by atoms with Crippen LogP contribution in [0.2, 0.25) is 0 Å². The molecular formula is C18H23N. The van der Waals surface area contributed by atoms with Gasteiger partial charge in [0.15, 0.2) is 0 Å². The Balaban J connectivity index is 2.09. The molecule has 0 bridgehead atoms. The van der Waals surface area contributed by atoms with Gasteiger partial charge in [0.25, 0.3) is 0 Å². The zero-order valence-electron chi connectivity index (χ0n) is 12.4. The van der Waals surface area contributed by atoms with Crippen molar-refractivity contribution >= 4 is 0 Å². The van der Waals surface area contributed by atoms with Crippen molar-refractivity contribution in [1.82, 2.24) is 4.98 Å². The highest BCUT2D eigenvalue weighted by Crippen LogP contribution is 2.21. The fourth-order valence-electron chi connectivity index (χ4n) is 2.48. The third-order valence-corrected chi connectivity index (χ3v) is 3.61. The van der Waals surface area contributed by atoms with Crippen molar-refractivity contribution in [3.05, 3.63) is 64.5 Å². The first kappa shape index (κ1) is 13.8. The van der Waals surface area contributed by atoms with E-state index in [9.17, 15) is 0 Å². The van der Waals surface area contributed by atoms with E-state index < -0.39 is 0 Å². The predicted octanol–water partition coefficient (Wildman–Crippen LogP) is 4.61. The molecule has 0 amide bonds. The Hall–Kier alpha value is -1.63. The van der Waals surface area contributed by atoms with Crippen molar-refractivity contribution < 1.29 is 0 Å². The zero-order chi connectivity index (χ0) is 13.8. The summed E-state index contributed by atoms with van der Waals surface area (Å²) in [4.78, 5) is 4.43. The minimum Gasteiger partial charge on any atom is -0.261 e. The molecule has 1 heterocycles. The van der Waals surface area contributed by atoms with Gasteiger partial charge in [0.2, 0.25) is 0 Å². The van der Waals surface area contributed by atoms with Crippen LogP contribution in [0.3, 0.4) is 0 Å². The molecule has 1 heteroatoms. The summed E-state index contributed by atoms with van der Waals surface area (Å²) in [6, 6.07) is 11.1. The molecule has 1 aromatic carbocycles. The van der Waals surface area contributed by atoms with Crippen LogP contribution in [0, 0.1) is 13.8 Å². The van der Waals surface area contributed by atoms with Crippen LogP contribution in [0.25, 0.3) is 0 Å². The van der Waals surface area contributed by atoms with Crippen molar-refractivity contribution in [2.45, 2.75) is 46.5 Å². The first-order valence-electron chi connectivity index (χ1n) is 7.07. The van der Waals surface area contributed by atoms with Crippen LogP contribution in [0.15, 0.2) is 36.5 Å². The Labute approximate surface area is 116 Å². The van der Waals surface area contributed by atoms with Gasteiger partial charge in [-0.2, -0.15) is 0 Å². The predicted molar refractivity (Wildman–Crippen MR) is 81.7 cm³/mol. The molecule has 1 aromatic heterocycles. The van der Waals surface area contributed by atoms with E-state index in [2.05, 4.69) is 56.9 Å². The van der Waals surface area contributed by atoms with Crippen LogP contribution in [-0.2, 0) is 12.8 Å². The quantitative estimate of drug-likeness (QED) is 0.775. The standard InChI is InChI=1S/C18H23N/c1-13(2)18-12-16(6-5-15(18)4)7-8-17-11-14(3)9-10-19-17/h5-6,9-13H,7-8H2,1-4H3. The molecule has 0 radical (unpaired) electrons. The SMILES string of the molecule is Cc1ccnc(CCc2ccc(C)c(C(C)C)c2)c1. The third kappa shape index (κ3) is 3.66. The molecule has 0 saturated heterocycles. The maximum atomic E-state index is 4.43. The number of aromatic nitrogens is 1. The summed E-state index contributed by atoms with van der Waals surface area (Å²) >= 11 is 0. The maximum absolute atomic E-state index is 4.43. The Kier molecular flexibility index (Phi) is 4.36. The Morgan fingerprint density at radius 2 is 1.79 bits per heavy atom. The van der Waals surface area contributed by atoms with Gasteiger partial charge in [-0.25, -0.2) is 0 Å². The van der Waals surface area contributed by atoms with Gasteiger partial charge in [-0.15, -0.1) is 0 Å². The number of pyridine rings is 1. The smallest absolute Gasteiger partial charge is 0.0409 e. The lowest BCUT2D eigenvalue weighted by Gasteiger charge is -2.12. The lowest BCUT2D eigenvalue weighted by molar-refractivity contribution is 0.844. The van der Waals surface area contributed by atoms with Crippen LogP contribution in [0.1, 0.15) is 47.7 Å². The molecule has 0 N–H and O–H groups in total. The molecule has 2 aromatic rings. The molecule has 0 atom stereocenters. The molecule has 0 aliphatic heterocycles. The summed E-state index contributed by atoms with van der Waals surface area (Å²) in [6.07, 6.45) is 3.98. The summed E-state index contributed by atoms with van der Waals surface area (Å²) in [5, 5.41) is 0. The fraction of sp³-hybridized carbons (Fsp3) is 0.389. The second-order valence-corrected chi connectivity index (χ2v) is 5.67. The molecule has 0 spiro atoms. The molecule has 2 rings (SSSR count). The summed E-state index contributed by atoms with van der Waals surface area (Å²) < 4.78 is 0. The van der Waals surface area contributed by atoms with Crippen molar-refractivity contribution in [2.24, 2.45) is 0 Å². The molecule has 100 valence electrons. The zero-order valence-corrected chi connectivity index (χ0v) is 12.4. The number of aryl methyl sites for hydroxylation is 4. The summed E-state index contributed by atoms with van der Waals surface area (Å²) in [6.45, 7) is 8.83. The highest BCUT2D eigenvalue weighted by atomic mass is 14.7. The van der Waals surface area contributed by atoms with E-state index in [1.54, 1.807) is 0 Å². The second-order valence-electron chi connectivity index (χ2n) is 5.67. The topological polar surface area (TPSA) is 12.9 Å². The van der Waals surface area contributed by atoms with Gasteiger partial charge >= 0.3 is 0 Å². The molecule has 1 nitrogen and oxygen atoms in total. The lowest BCUT2D eigenvalue weighted by Crippen LogP contribution is -1.98. The Bertz CT molecular complexity index is 555. The number of hydrogen-bond acceptors (Lipinski definition) is 1. The molecule has 0 fully saturated rings. The molecule has 0 saturated carbocycles. The maximum Gasteiger partial charge on any atom is 0.0409 e. The highest BCUT2D eigenvalue weighted by molar-refractivity contribution is 5.33. The number of nitrogens with zero attached hydrogens (tertiary/aromatic N) is 1. The van der Waals surface area contributed by atoms with E-state index >= 15 is 0 Å². The second kappa shape index (κ2) is 6.01. The van der Waals surface area contributed by atoms with Crippen molar-refractivity contribution in [1.29, 1.82) is 0 Å². The van der Waals surface area contributed by atoms with Crippen molar-refractivity contribution in [3.63, 3.8) is 0 Å². The fourth-order valence-corrected chi connectivity index (χ4v) is 2.48. The van der Waals surface area contributed by atoms with E-state index in [0.29, 0.717) is 5.92 Å². The van der Waals surface area contributed by atoms with E-state index in [1.165, 1.54) is 27.9 Å². The van der Waals surface area contributed by atoms with Crippen molar-refractivity contribution in [3.8, 4) is 0 Å². The molecule has 0 aliphatic carbocycles. The number of hydrogen-bond donors (Lipinski definition) is 0. The molecule has 0 aliphatic rings. The van der Waals surface area contributed by atoms with E-state index in [4.69, 9.17) is 0 Å². The monoisotopic (exact) mass is 253 g/mol. The normalized spacial score (nSPS) is 11.0. The van der Waals surface area contributed by atoms with Gasteiger partial charge < -0.3 is 0 Å². The van der Waals surface area contributed by atoms with Gasteiger partial charge in [-0.1, -0.05) is 32.0 Å². The largest absolute Gasteiger partial charge is 0.261 e. The van der Waals surface area contributed by atoms with Crippen LogP contribution < -0.4 is 0 Å². The van der Waals surface area contributed by atoms with Gasteiger partial charge in [-0.05, 0) is 67.0 Å². The first-order valence-corrected chi connectivity index (χ1v) is 7.07. The number of benzene rings is 1. The summed E-state index contributed by atoms with van der Waals surface area (Å²) in [7, 11) is 0. The molecule has 0 unspecified atom stereocenters.